The lowest BCUT2D eigenvalue weighted by Gasteiger charge is -2.60. The summed E-state index contributed by atoms with van der Waals surface area (Å²) in [6, 6.07) is 2.12. The summed E-state index contributed by atoms with van der Waals surface area (Å²) in [5.41, 5.74) is 0.659. The van der Waals surface area contributed by atoms with Crippen molar-refractivity contribution >= 4 is 16.9 Å². The zero-order chi connectivity index (χ0) is 13.9. The third-order valence-corrected chi connectivity index (χ3v) is 4.51. The van der Waals surface area contributed by atoms with Crippen LogP contribution in [0.2, 0.25) is 0 Å². The molecule has 0 radical (unpaired) electrons. The molecular weight excluding hydrogens is 264 g/mol. The Balaban J connectivity index is 1.49. The first-order valence-electron chi connectivity index (χ1n) is 6.68. The highest BCUT2D eigenvalue weighted by Gasteiger charge is 2.61. The third kappa shape index (κ3) is 1.57. The predicted molar refractivity (Wildman–Crippen MR) is 67.6 cm³/mol. The number of fused-ring (bicyclic) bond motifs is 1. The summed E-state index contributed by atoms with van der Waals surface area (Å²) in [6.45, 7) is 0.253. The molecule has 6 heteroatoms. The lowest BCUT2D eigenvalue weighted by atomic mass is 9.44. The first-order chi connectivity index (χ1) is 9.56. The Morgan fingerprint density at radius 1 is 1.35 bits per heavy atom. The van der Waals surface area contributed by atoms with Gasteiger partial charge in [0.1, 0.15) is 5.82 Å². The number of nitrogens with one attached hydrogen (secondary N) is 2. The van der Waals surface area contributed by atoms with Crippen LogP contribution in [0.5, 0.6) is 0 Å². The molecule has 3 saturated carbocycles. The lowest BCUT2D eigenvalue weighted by molar-refractivity contribution is -0.165. The van der Waals surface area contributed by atoms with E-state index in [0.717, 1.165) is 37.3 Å². The molecule has 0 atom stereocenters. The van der Waals surface area contributed by atoms with Gasteiger partial charge in [0.2, 0.25) is 5.91 Å². The van der Waals surface area contributed by atoms with E-state index in [1.54, 1.807) is 0 Å². The number of amides is 1. The molecule has 0 spiro atoms. The Hall–Kier alpha value is -1.98. The van der Waals surface area contributed by atoms with Gasteiger partial charge in [0.25, 0.3) is 0 Å². The number of carbonyl (C=O) groups is 1. The van der Waals surface area contributed by atoms with Crippen LogP contribution in [0.3, 0.4) is 0 Å². The molecule has 0 saturated heterocycles. The highest BCUT2D eigenvalue weighted by atomic mass is 19.2. The van der Waals surface area contributed by atoms with E-state index in [2.05, 4.69) is 15.3 Å². The predicted octanol–water partition coefficient (Wildman–Crippen LogP) is 2.26. The number of benzene rings is 1. The number of carbonyl (C=O) groups excluding carboxylic acids is 1. The number of nitrogens with zero attached hydrogens (tertiary/aromatic N) is 1. The SMILES string of the molecule is O=C(NCc1nc2cc(F)c(F)cc2[nH]1)C12CC(C1)C2. The zero-order valence-corrected chi connectivity index (χ0v) is 10.7. The van der Waals surface area contributed by atoms with Crippen LogP contribution in [0.1, 0.15) is 25.1 Å². The van der Waals surface area contributed by atoms with Gasteiger partial charge < -0.3 is 10.3 Å². The minimum Gasteiger partial charge on any atom is -0.348 e. The molecule has 1 amide bonds. The standard InChI is InChI=1S/C14H13F2N3O/c15-8-1-10-11(2-9(8)16)19-12(18-10)6-17-13(20)14-3-7(4-14)5-14/h1-2,7H,3-6H2,(H,17,20)(H,18,19). The van der Waals surface area contributed by atoms with Crippen molar-refractivity contribution in [3.8, 4) is 0 Å². The monoisotopic (exact) mass is 277 g/mol. The van der Waals surface area contributed by atoms with Crippen molar-refractivity contribution in [2.45, 2.75) is 25.8 Å². The summed E-state index contributed by atoms with van der Waals surface area (Å²) in [6.07, 6.45) is 2.99. The van der Waals surface area contributed by atoms with Gasteiger partial charge in [0, 0.05) is 17.5 Å². The molecule has 0 unspecified atom stereocenters. The molecule has 1 aromatic carbocycles. The molecule has 2 N–H and O–H groups in total. The number of rotatable bonds is 3. The summed E-state index contributed by atoms with van der Waals surface area (Å²) in [7, 11) is 0. The largest absolute Gasteiger partial charge is 0.348 e. The minimum absolute atomic E-state index is 0.0674. The number of halogens is 2. The molecule has 104 valence electrons. The Labute approximate surface area is 113 Å². The maximum atomic E-state index is 13.1. The van der Waals surface area contributed by atoms with Crippen LogP contribution in [0.15, 0.2) is 12.1 Å². The number of aromatic amines is 1. The average Bonchev–Trinajstić information content (AvgIpc) is 2.65. The molecule has 2 bridgehead atoms. The Morgan fingerprint density at radius 2 is 2.05 bits per heavy atom. The van der Waals surface area contributed by atoms with Gasteiger partial charge >= 0.3 is 0 Å². The van der Waals surface area contributed by atoms with E-state index in [9.17, 15) is 13.6 Å². The highest BCUT2D eigenvalue weighted by molar-refractivity contribution is 5.85. The molecule has 3 aliphatic rings. The molecule has 3 fully saturated rings. The van der Waals surface area contributed by atoms with Gasteiger partial charge in [-0.3, -0.25) is 4.79 Å². The van der Waals surface area contributed by atoms with Crippen LogP contribution >= 0.6 is 0 Å². The maximum absolute atomic E-state index is 13.1. The Morgan fingerprint density at radius 3 is 2.70 bits per heavy atom. The second kappa shape index (κ2) is 3.77. The average molecular weight is 277 g/mol. The smallest absolute Gasteiger partial charge is 0.226 e. The number of hydrogen-bond donors (Lipinski definition) is 2. The number of imidazole rings is 1. The highest BCUT2D eigenvalue weighted by Crippen LogP contribution is 2.64. The minimum atomic E-state index is -0.923. The van der Waals surface area contributed by atoms with Crippen LogP contribution in [-0.2, 0) is 11.3 Å². The van der Waals surface area contributed by atoms with E-state index in [1.807, 2.05) is 0 Å². The molecule has 3 aliphatic carbocycles. The van der Waals surface area contributed by atoms with Gasteiger partial charge in [-0.2, -0.15) is 0 Å². The van der Waals surface area contributed by atoms with Gasteiger partial charge in [0.15, 0.2) is 11.6 Å². The fraction of sp³-hybridized carbons (Fsp3) is 0.429. The van der Waals surface area contributed by atoms with Gasteiger partial charge in [-0.15, -0.1) is 0 Å². The number of H-pyrrole nitrogens is 1. The topological polar surface area (TPSA) is 57.8 Å². The lowest BCUT2D eigenvalue weighted by Crippen LogP contribution is -2.60. The van der Waals surface area contributed by atoms with Crippen molar-refractivity contribution in [3.63, 3.8) is 0 Å². The van der Waals surface area contributed by atoms with E-state index in [4.69, 9.17) is 0 Å². The molecule has 1 aromatic heterocycles. The molecule has 20 heavy (non-hydrogen) atoms. The molecule has 5 rings (SSSR count). The zero-order valence-electron chi connectivity index (χ0n) is 10.7. The first-order valence-corrected chi connectivity index (χ1v) is 6.68. The van der Waals surface area contributed by atoms with Gasteiger partial charge in [-0.05, 0) is 25.2 Å². The number of aromatic nitrogens is 2. The van der Waals surface area contributed by atoms with Crippen molar-refractivity contribution in [1.29, 1.82) is 0 Å². The summed E-state index contributed by atoms with van der Waals surface area (Å²) in [5.74, 6) is -0.514. The summed E-state index contributed by atoms with van der Waals surface area (Å²) in [5, 5.41) is 2.85. The fourth-order valence-corrected chi connectivity index (χ4v) is 3.25. The van der Waals surface area contributed by atoms with Gasteiger partial charge in [-0.25, -0.2) is 13.8 Å². The second-order valence-electron chi connectivity index (χ2n) is 5.91. The fourth-order valence-electron chi connectivity index (χ4n) is 3.25. The summed E-state index contributed by atoms with van der Waals surface area (Å²) < 4.78 is 26.2. The third-order valence-electron chi connectivity index (χ3n) is 4.51. The normalized spacial score (nSPS) is 27.0. The Kier molecular flexibility index (Phi) is 2.23. The molecule has 2 aromatic rings. The van der Waals surface area contributed by atoms with Crippen molar-refractivity contribution in [2.24, 2.45) is 11.3 Å². The van der Waals surface area contributed by atoms with Crippen molar-refractivity contribution in [3.05, 3.63) is 29.6 Å². The van der Waals surface area contributed by atoms with Crippen molar-refractivity contribution in [1.82, 2.24) is 15.3 Å². The quantitative estimate of drug-likeness (QED) is 0.904. The maximum Gasteiger partial charge on any atom is 0.226 e. The molecule has 4 nitrogen and oxygen atoms in total. The van der Waals surface area contributed by atoms with E-state index in [-0.39, 0.29) is 17.9 Å². The summed E-state index contributed by atoms with van der Waals surface area (Å²) in [4.78, 5) is 19.0. The molecular formula is C14H13F2N3O. The van der Waals surface area contributed by atoms with E-state index < -0.39 is 11.6 Å². The van der Waals surface area contributed by atoms with Crippen LogP contribution in [-0.4, -0.2) is 15.9 Å². The van der Waals surface area contributed by atoms with Gasteiger partial charge in [0.05, 0.1) is 17.6 Å². The van der Waals surface area contributed by atoms with E-state index >= 15 is 0 Å². The molecule has 0 aliphatic heterocycles. The number of hydrogen-bond acceptors (Lipinski definition) is 2. The van der Waals surface area contributed by atoms with Crippen molar-refractivity contribution in [2.75, 3.05) is 0 Å². The van der Waals surface area contributed by atoms with E-state index in [1.165, 1.54) is 0 Å². The van der Waals surface area contributed by atoms with Crippen LogP contribution < -0.4 is 5.32 Å². The first kappa shape index (κ1) is 11.8. The van der Waals surface area contributed by atoms with Crippen LogP contribution in [0.4, 0.5) is 8.78 Å². The van der Waals surface area contributed by atoms with Crippen LogP contribution in [0.25, 0.3) is 11.0 Å². The Bertz CT molecular complexity index is 669. The van der Waals surface area contributed by atoms with E-state index in [0.29, 0.717) is 16.9 Å². The molecule has 1 heterocycles. The van der Waals surface area contributed by atoms with Crippen molar-refractivity contribution < 1.29 is 13.6 Å². The second-order valence-corrected chi connectivity index (χ2v) is 5.91. The summed E-state index contributed by atoms with van der Waals surface area (Å²) >= 11 is 0. The van der Waals surface area contributed by atoms with Gasteiger partial charge in [-0.1, -0.05) is 0 Å². The van der Waals surface area contributed by atoms with Crippen LogP contribution in [0, 0.1) is 23.0 Å².